The Morgan fingerprint density at radius 1 is 0.947 bits per heavy atom. The fourth-order valence-electron chi connectivity index (χ4n) is 3.98. The molecule has 0 aromatic heterocycles. The van der Waals surface area contributed by atoms with Crippen molar-refractivity contribution in [3.8, 4) is 0 Å². The third-order valence-electron chi connectivity index (χ3n) is 6.42. The number of anilines is 1. The monoisotopic (exact) mass is 548 g/mol. The smallest absolute Gasteiger partial charge is 0.247 e. The van der Waals surface area contributed by atoms with Gasteiger partial charge in [-0.15, -0.1) is 0 Å². The van der Waals surface area contributed by atoms with Crippen molar-refractivity contribution < 1.29 is 23.9 Å². The SMILES string of the molecule is CCC(=O)CCOCCNC(=O)CCc1ccc(N2C(=O)CC(SC)C2=O)cc1.CCCCCCCCC. The van der Waals surface area contributed by atoms with E-state index < -0.39 is 0 Å². The second-order valence-corrected chi connectivity index (χ2v) is 10.6. The first-order chi connectivity index (χ1) is 18.4. The van der Waals surface area contributed by atoms with Crippen molar-refractivity contribution in [1.82, 2.24) is 5.32 Å². The van der Waals surface area contributed by atoms with Crippen LogP contribution in [-0.4, -0.2) is 54.8 Å². The van der Waals surface area contributed by atoms with E-state index in [4.69, 9.17) is 4.74 Å². The number of benzene rings is 1. The quantitative estimate of drug-likeness (QED) is 0.182. The Balaban J connectivity index is 0.000000686. The van der Waals surface area contributed by atoms with Gasteiger partial charge in [0.2, 0.25) is 17.7 Å². The molecule has 0 aliphatic carbocycles. The minimum atomic E-state index is -0.304. The van der Waals surface area contributed by atoms with E-state index in [-0.39, 0.29) is 35.2 Å². The molecule has 38 heavy (non-hydrogen) atoms. The van der Waals surface area contributed by atoms with Crippen molar-refractivity contribution in [3.05, 3.63) is 29.8 Å². The molecule has 214 valence electrons. The van der Waals surface area contributed by atoms with Crippen LogP contribution in [0, 0.1) is 0 Å². The average molecular weight is 549 g/mol. The molecular weight excluding hydrogens is 500 g/mol. The highest BCUT2D eigenvalue weighted by Crippen LogP contribution is 2.28. The fraction of sp³-hybridized carbons (Fsp3) is 0.667. The number of amides is 3. The number of carbonyl (C=O) groups excluding carboxylic acids is 4. The first kappa shape index (κ1) is 33.8. The number of unbranched alkanes of at least 4 members (excludes halogenated alkanes) is 6. The van der Waals surface area contributed by atoms with E-state index in [0.29, 0.717) is 51.1 Å². The molecule has 3 amide bonds. The van der Waals surface area contributed by atoms with Gasteiger partial charge in [0.1, 0.15) is 5.78 Å². The number of ether oxygens (including phenoxy) is 1. The van der Waals surface area contributed by atoms with E-state index in [1.165, 1.54) is 61.6 Å². The molecule has 1 aliphatic rings. The lowest BCUT2D eigenvalue weighted by Crippen LogP contribution is -2.31. The lowest BCUT2D eigenvalue weighted by molar-refractivity contribution is -0.122. The van der Waals surface area contributed by atoms with Crippen LogP contribution < -0.4 is 10.2 Å². The first-order valence-electron chi connectivity index (χ1n) is 14.2. The number of aryl methyl sites for hydroxylation is 1. The second kappa shape index (κ2) is 20.7. The Morgan fingerprint density at radius 3 is 2.13 bits per heavy atom. The molecule has 7 nitrogen and oxygen atoms in total. The molecule has 1 fully saturated rings. The Labute approximate surface area is 233 Å². The van der Waals surface area contributed by atoms with Crippen molar-refractivity contribution in [2.45, 2.75) is 103 Å². The Kier molecular flexibility index (Phi) is 18.5. The highest BCUT2D eigenvalue weighted by Gasteiger charge is 2.38. The van der Waals surface area contributed by atoms with Crippen LogP contribution in [0.1, 0.15) is 97.0 Å². The molecule has 1 unspecified atom stereocenters. The van der Waals surface area contributed by atoms with Gasteiger partial charge in [-0.25, -0.2) is 4.90 Å². The third kappa shape index (κ3) is 13.6. The molecule has 1 aromatic rings. The zero-order valence-electron chi connectivity index (χ0n) is 23.9. The van der Waals surface area contributed by atoms with Gasteiger partial charge in [0.05, 0.1) is 24.2 Å². The molecule has 0 spiro atoms. The number of nitrogens with one attached hydrogen (secondary N) is 1. The van der Waals surface area contributed by atoms with Gasteiger partial charge < -0.3 is 10.1 Å². The number of hydrogen-bond donors (Lipinski definition) is 1. The zero-order chi connectivity index (χ0) is 28.2. The standard InChI is InChI=1S/C21H28N2O5S.C9H20/c1-3-17(24)10-12-28-13-11-22-19(25)9-6-15-4-7-16(8-5-15)23-20(26)14-18(29-2)21(23)27;1-3-5-7-9-8-6-4-2/h4-5,7-8,18H,3,6,9-14H2,1-2H3,(H,22,25);3-9H2,1-2H3. The predicted molar refractivity (Wildman–Crippen MR) is 157 cm³/mol. The maximum Gasteiger partial charge on any atom is 0.247 e. The molecule has 1 saturated heterocycles. The van der Waals surface area contributed by atoms with E-state index in [1.807, 2.05) is 25.3 Å². The number of carbonyl (C=O) groups is 4. The summed E-state index contributed by atoms with van der Waals surface area (Å²) in [6.07, 6.45) is 13.9. The molecule has 2 rings (SSSR count). The Bertz CT molecular complexity index is 838. The van der Waals surface area contributed by atoms with E-state index in [2.05, 4.69) is 19.2 Å². The van der Waals surface area contributed by atoms with Crippen molar-refractivity contribution >= 4 is 41.0 Å². The highest BCUT2D eigenvalue weighted by molar-refractivity contribution is 8.00. The zero-order valence-corrected chi connectivity index (χ0v) is 24.7. The highest BCUT2D eigenvalue weighted by atomic mass is 32.2. The molecule has 8 heteroatoms. The minimum Gasteiger partial charge on any atom is -0.379 e. The van der Waals surface area contributed by atoms with Crippen molar-refractivity contribution in [3.63, 3.8) is 0 Å². The summed E-state index contributed by atoms with van der Waals surface area (Å²) < 4.78 is 5.32. The fourth-order valence-corrected chi connectivity index (χ4v) is 4.59. The summed E-state index contributed by atoms with van der Waals surface area (Å²) in [7, 11) is 0. The van der Waals surface area contributed by atoms with Gasteiger partial charge in [-0.3, -0.25) is 19.2 Å². The van der Waals surface area contributed by atoms with Crippen LogP contribution in [0.2, 0.25) is 0 Å². The lowest BCUT2D eigenvalue weighted by atomic mass is 10.1. The van der Waals surface area contributed by atoms with E-state index in [9.17, 15) is 19.2 Å². The summed E-state index contributed by atoms with van der Waals surface area (Å²) >= 11 is 1.39. The van der Waals surface area contributed by atoms with Crippen LogP contribution in [-0.2, 0) is 30.3 Å². The molecule has 0 radical (unpaired) electrons. The maximum absolute atomic E-state index is 12.3. The van der Waals surface area contributed by atoms with Gasteiger partial charge in [0.25, 0.3) is 0 Å². The minimum absolute atomic E-state index is 0.0741. The number of Topliss-reactive ketones (excluding diaryl/α,β-unsaturated/α-hetero) is 1. The van der Waals surface area contributed by atoms with E-state index in [1.54, 1.807) is 12.1 Å². The maximum atomic E-state index is 12.3. The summed E-state index contributed by atoms with van der Waals surface area (Å²) in [6.45, 7) is 7.52. The van der Waals surface area contributed by atoms with Crippen molar-refractivity contribution in [2.24, 2.45) is 0 Å². The van der Waals surface area contributed by atoms with Crippen molar-refractivity contribution in [2.75, 3.05) is 30.9 Å². The van der Waals surface area contributed by atoms with Crippen LogP contribution in [0.25, 0.3) is 0 Å². The molecule has 1 atom stereocenters. The molecule has 1 N–H and O–H groups in total. The largest absolute Gasteiger partial charge is 0.379 e. The Hall–Kier alpha value is -2.19. The van der Waals surface area contributed by atoms with Gasteiger partial charge in [-0.2, -0.15) is 11.8 Å². The van der Waals surface area contributed by atoms with Gasteiger partial charge in [0, 0.05) is 32.2 Å². The van der Waals surface area contributed by atoms with Crippen LogP contribution in [0.3, 0.4) is 0 Å². The van der Waals surface area contributed by atoms with Gasteiger partial charge in [-0.05, 0) is 30.4 Å². The van der Waals surface area contributed by atoms with E-state index >= 15 is 0 Å². The van der Waals surface area contributed by atoms with Gasteiger partial charge in [-0.1, -0.05) is 77.8 Å². The summed E-state index contributed by atoms with van der Waals surface area (Å²) in [5.41, 5.74) is 1.53. The number of imide groups is 1. The summed E-state index contributed by atoms with van der Waals surface area (Å²) in [5, 5.41) is 2.48. The average Bonchev–Trinajstić information content (AvgIpc) is 3.22. The lowest BCUT2D eigenvalue weighted by Gasteiger charge is -2.15. The topological polar surface area (TPSA) is 92.8 Å². The summed E-state index contributed by atoms with van der Waals surface area (Å²) in [5.74, 6) is -0.253. The first-order valence-corrected chi connectivity index (χ1v) is 15.5. The number of thioether (sulfide) groups is 1. The van der Waals surface area contributed by atoms with Crippen LogP contribution >= 0.6 is 11.8 Å². The summed E-state index contributed by atoms with van der Waals surface area (Å²) in [4.78, 5) is 48.6. The van der Waals surface area contributed by atoms with Crippen LogP contribution in [0.4, 0.5) is 5.69 Å². The molecular formula is C30H48N2O5S. The molecule has 1 heterocycles. The second-order valence-electron chi connectivity index (χ2n) is 9.53. The predicted octanol–water partition coefficient (Wildman–Crippen LogP) is 5.87. The van der Waals surface area contributed by atoms with Crippen LogP contribution in [0.5, 0.6) is 0 Å². The summed E-state index contributed by atoms with van der Waals surface area (Å²) in [6, 6.07) is 7.17. The molecule has 1 aromatic carbocycles. The van der Waals surface area contributed by atoms with Gasteiger partial charge >= 0.3 is 0 Å². The van der Waals surface area contributed by atoms with E-state index in [0.717, 1.165) is 5.56 Å². The van der Waals surface area contributed by atoms with Crippen LogP contribution in [0.15, 0.2) is 24.3 Å². The Morgan fingerprint density at radius 2 is 1.58 bits per heavy atom. The number of rotatable bonds is 18. The molecule has 0 saturated carbocycles. The number of nitrogens with zero attached hydrogens (tertiary/aromatic N) is 1. The van der Waals surface area contributed by atoms with Crippen molar-refractivity contribution in [1.29, 1.82) is 0 Å². The molecule has 1 aliphatic heterocycles. The third-order valence-corrected chi connectivity index (χ3v) is 7.36. The normalized spacial score (nSPS) is 14.8. The number of hydrogen-bond acceptors (Lipinski definition) is 6. The van der Waals surface area contributed by atoms with Gasteiger partial charge in [0.15, 0.2) is 0 Å². The number of ketones is 1. The molecule has 0 bridgehead atoms.